The Hall–Kier alpha value is -0.860. The van der Waals surface area contributed by atoms with Gasteiger partial charge in [0.25, 0.3) is 0 Å². The Morgan fingerprint density at radius 1 is 1.06 bits per heavy atom. The smallest absolute Gasteiger partial charge is 0.0601 e. The lowest BCUT2D eigenvalue weighted by molar-refractivity contribution is 0.0145. The molecule has 86 valence electrons. The van der Waals surface area contributed by atoms with Gasteiger partial charge in [-0.1, -0.05) is 24.3 Å². The fourth-order valence-corrected chi connectivity index (χ4v) is 2.90. The largest absolute Gasteiger partial charge is 0.381 e. The molecule has 0 atom stereocenters. The van der Waals surface area contributed by atoms with Crippen LogP contribution in [0.3, 0.4) is 0 Å². The minimum Gasteiger partial charge on any atom is -0.381 e. The Labute approximate surface area is 97.0 Å². The Bertz CT molecular complexity index is 346. The predicted octanol–water partition coefficient (Wildman–Crippen LogP) is 1.92. The standard InChI is InChI=1S/C14H19NO/c1-16-14-8-13(9-14)15-12-6-10-4-2-3-5-11(10)7-12/h2-5,12-15H,6-9H2,1H3. The van der Waals surface area contributed by atoms with Gasteiger partial charge in [0.1, 0.15) is 0 Å². The first-order chi connectivity index (χ1) is 7.85. The van der Waals surface area contributed by atoms with E-state index in [1.54, 1.807) is 0 Å². The predicted molar refractivity (Wildman–Crippen MR) is 64.6 cm³/mol. The quantitative estimate of drug-likeness (QED) is 0.835. The summed E-state index contributed by atoms with van der Waals surface area (Å²) in [5.74, 6) is 0. The van der Waals surface area contributed by atoms with Gasteiger partial charge in [0.2, 0.25) is 0 Å². The molecule has 2 heteroatoms. The van der Waals surface area contributed by atoms with Crippen LogP contribution in [0, 0.1) is 0 Å². The molecule has 2 nitrogen and oxygen atoms in total. The topological polar surface area (TPSA) is 21.3 Å². The SMILES string of the molecule is COC1CC(NC2Cc3ccccc3C2)C1. The summed E-state index contributed by atoms with van der Waals surface area (Å²) < 4.78 is 5.30. The van der Waals surface area contributed by atoms with E-state index in [0.717, 1.165) is 0 Å². The Morgan fingerprint density at radius 2 is 1.69 bits per heavy atom. The van der Waals surface area contributed by atoms with Crippen LogP contribution in [0.5, 0.6) is 0 Å². The minimum atomic E-state index is 0.501. The van der Waals surface area contributed by atoms with E-state index in [1.165, 1.54) is 36.8 Å². The van der Waals surface area contributed by atoms with Crippen molar-refractivity contribution in [3.8, 4) is 0 Å². The highest BCUT2D eigenvalue weighted by molar-refractivity contribution is 5.33. The van der Waals surface area contributed by atoms with Crippen LogP contribution >= 0.6 is 0 Å². The Kier molecular flexibility index (Phi) is 2.70. The molecule has 0 heterocycles. The normalized spacial score (nSPS) is 28.8. The molecular weight excluding hydrogens is 198 g/mol. The van der Waals surface area contributed by atoms with Gasteiger partial charge in [-0.3, -0.25) is 0 Å². The van der Waals surface area contributed by atoms with E-state index in [2.05, 4.69) is 29.6 Å². The van der Waals surface area contributed by atoms with Crippen molar-refractivity contribution < 1.29 is 4.74 Å². The van der Waals surface area contributed by atoms with Crippen LogP contribution in [-0.2, 0) is 17.6 Å². The van der Waals surface area contributed by atoms with E-state index < -0.39 is 0 Å². The summed E-state index contributed by atoms with van der Waals surface area (Å²) in [5, 5.41) is 3.75. The summed E-state index contributed by atoms with van der Waals surface area (Å²) in [7, 11) is 1.81. The van der Waals surface area contributed by atoms with E-state index in [0.29, 0.717) is 18.2 Å². The van der Waals surface area contributed by atoms with Crippen molar-refractivity contribution in [2.75, 3.05) is 7.11 Å². The molecule has 3 rings (SSSR count). The molecule has 1 aromatic carbocycles. The third-order valence-corrected chi connectivity index (χ3v) is 3.95. The van der Waals surface area contributed by atoms with Crippen LogP contribution < -0.4 is 5.32 Å². The highest BCUT2D eigenvalue weighted by Gasteiger charge is 2.32. The lowest BCUT2D eigenvalue weighted by atomic mass is 9.88. The molecule has 0 aromatic heterocycles. The van der Waals surface area contributed by atoms with E-state index in [9.17, 15) is 0 Å². The van der Waals surface area contributed by atoms with Crippen molar-refractivity contribution in [3.05, 3.63) is 35.4 Å². The van der Waals surface area contributed by atoms with E-state index >= 15 is 0 Å². The summed E-state index contributed by atoms with van der Waals surface area (Å²) in [5.41, 5.74) is 3.06. The summed E-state index contributed by atoms with van der Waals surface area (Å²) in [4.78, 5) is 0. The van der Waals surface area contributed by atoms with Gasteiger partial charge < -0.3 is 10.1 Å². The van der Waals surface area contributed by atoms with Crippen LogP contribution in [-0.4, -0.2) is 25.3 Å². The highest BCUT2D eigenvalue weighted by atomic mass is 16.5. The molecule has 0 radical (unpaired) electrons. The van der Waals surface area contributed by atoms with Crippen molar-refractivity contribution in [1.29, 1.82) is 0 Å². The minimum absolute atomic E-state index is 0.501. The van der Waals surface area contributed by atoms with Gasteiger partial charge in [0.05, 0.1) is 6.10 Å². The summed E-state index contributed by atoms with van der Waals surface area (Å²) in [6, 6.07) is 10.1. The molecule has 2 aliphatic carbocycles. The van der Waals surface area contributed by atoms with Gasteiger partial charge in [-0.25, -0.2) is 0 Å². The van der Waals surface area contributed by atoms with E-state index in [4.69, 9.17) is 4.74 Å². The maximum Gasteiger partial charge on any atom is 0.0601 e. The summed E-state index contributed by atoms with van der Waals surface area (Å²) >= 11 is 0. The third-order valence-electron chi connectivity index (χ3n) is 3.95. The number of benzene rings is 1. The summed E-state index contributed by atoms with van der Waals surface area (Å²) in [6.07, 6.45) is 5.27. The number of hydrogen-bond acceptors (Lipinski definition) is 2. The van der Waals surface area contributed by atoms with Crippen LogP contribution in [0.1, 0.15) is 24.0 Å². The molecule has 0 saturated heterocycles. The number of methoxy groups -OCH3 is 1. The highest BCUT2D eigenvalue weighted by Crippen LogP contribution is 2.27. The number of nitrogens with one attached hydrogen (secondary N) is 1. The lowest BCUT2D eigenvalue weighted by Gasteiger charge is -2.36. The van der Waals surface area contributed by atoms with Crippen LogP contribution in [0.15, 0.2) is 24.3 Å². The van der Waals surface area contributed by atoms with Crippen LogP contribution in [0.4, 0.5) is 0 Å². The average molecular weight is 217 g/mol. The van der Waals surface area contributed by atoms with E-state index in [-0.39, 0.29) is 0 Å². The molecule has 16 heavy (non-hydrogen) atoms. The lowest BCUT2D eigenvalue weighted by Crippen LogP contribution is -2.49. The molecule has 0 bridgehead atoms. The van der Waals surface area contributed by atoms with Crippen molar-refractivity contribution in [2.45, 2.75) is 43.9 Å². The number of fused-ring (bicyclic) bond motifs is 1. The van der Waals surface area contributed by atoms with Crippen molar-refractivity contribution in [2.24, 2.45) is 0 Å². The summed E-state index contributed by atoms with van der Waals surface area (Å²) in [6.45, 7) is 0. The second kappa shape index (κ2) is 4.19. The first-order valence-corrected chi connectivity index (χ1v) is 6.21. The molecule has 1 fully saturated rings. The average Bonchev–Trinajstić information content (AvgIpc) is 2.65. The van der Waals surface area contributed by atoms with Crippen LogP contribution in [0.2, 0.25) is 0 Å². The molecule has 1 aromatic rings. The zero-order chi connectivity index (χ0) is 11.0. The molecule has 0 amide bonds. The first-order valence-electron chi connectivity index (χ1n) is 6.21. The van der Waals surface area contributed by atoms with Crippen molar-refractivity contribution >= 4 is 0 Å². The maximum absolute atomic E-state index is 5.30. The van der Waals surface area contributed by atoms with E-state index in [1.807, 2.05) is 7.11 Å². The number of ether oxygens (including phenoxy) is 1. The zero-order valence-electron chi connectivity index (χ0n) is 9.78. The van der Waals surface area contributed by atoms with Gasteiger partial charge in [-0.05, 0) is 36.8 Å². The van der Waals surface area contributed by atoms with Crippen molar-refractivity contribution in [1.82, 2.24) is 5.32 Å². The van der Waals surface area contributed by atoms with Gasteiger partial charge in [0, 0.05) is 19.2 Å². The third kappa shape index (κ3) is 1.87. The second-order valence-corrected chi connectivity index (χ2v) is 5.07. The maximum atomic E-state index is 5.30. The molecule has 0 unspecified atom stereocenters. The Balaban J connectivity index is 1.53. The molecule has 1 N–H and O–H groups in total. The molecule has 0 aliphatic heterocycles. The fraction of sp³-hybridized carbons (Fsp3) is 0.571. The molecule has 1 saturated carbocycles. The number of hydrogen-bond donors (Lipinski definition) is 1. The van der Waals surface area contributed by atoms with Crippen molar-refractivity contribution in [3.63, 3.8) is 0 Å². The Morgan fingerprint density at radius 3 is 2.25 bits per heavy atom. The first kappa shape index (κ1) is 10.3. The molecular formula is C14H19NO. The van der Waals surface area contributed by atoms with Crippen LogP contribution in [0.25, 0.3) is 0 Å². The van der Waals surface area contributed by atoms with Gasteiger partial charge in [-0.15, -0.1) is 0 Å². The molecule has 2 aliphatic rings. The zero-order valence-corrected chi connectivity index (χ0v) is 9.78. The monoisotopic (exact) mass is 217 g/mol. The van der Waals surface area contributed by atoms with Gasteiger partial charge in [0.15, 0.2) is 0 Å². The molecule has 0 spiro atoms. The second-order valence-electron chi connectivity index (χ2n) is 5.07. The van der Waals surface area contributed by atoms with Gasteiger partial charge >= 0.3 is 0 Å². The van der Waals surface area contributed by atoms with Gasteiger partial charge in [-0.2, -0.15) is 0 Å². The fourth-order valence-electron chi connectivity index (χ4n) is 2.90. The number of rotatable bonds is 3.